The molecule has 1 amide bonds. The van der Waals surface area contributed by atoms with Crippen molar-refractivity contribution in [2.45, 2.75) is 51.5 Å². The number of aliphatic hydroxyl groups excluding tert-OH is 1. The van der Waals surface area contributed by atoms with Crippen LogP contribution in [0.25, 0.3) is 0 Å². The summed E-state index contributed by atoms with van der Waals surface area (Å²) in [6.07, 6.45) is 6.26. The molecule has 0 bridgehead atoms. The van der Waals surface area contributed by atoms with Crippen LogP contribution in [0.3, 0.4) is 0 Å². The second-order valence-corrected chi connectivity index (χ2v) is 5.13. The summed E-state index contributed by atoms with van der Waals surface area (Å²) in [5, 5.41) is 12.2. The van der Waals surface area contributed by atoms with Gasteiger partial charge in [-0.05, 0) is 31.1 Å². The van der Waals surface area contributed by atoms with Gasteiger partial charge in [-0.25, -0.2) is 0 Å². The molecule has 0 aromatic rings. The molecule has 1 fully saturated rings. The summed E-state index contributed by atoms with van der Waals surface area (Å²) in [4.78, 5) is 11.7. The number of hydrogen-bond acceptors (Lipinski definition) is 3. The summed E-state index contributed by atoms with van der Waals surface area (Å²) in [5.74, 6) is 0.729. The summed E-state index contributed by atoms with van der Waals surface area (Å²) >= 11 is 0. The number of hydrogen-bond donors (Lipinski definition) is 3. The van der Waals surface area contributed by atoms with Gasteiger partial charge in [0.25, 0.3) is 0 Å². The van der Waals surface area contributed by atoms with Gasteiger partial charge in [0.15, 0.2) is 0 Å². The molecular formula is C13H26N2O2. The molecule has 0 spiro atoms. The molecule has 1 rings (SSSR count). The molecule has 4 N–H and O–H groups in total. The van der Waals surface area contributed by atoms with Crippen LogP contribution in [0.5, 0.6) is 0 Å². The van der Waals surface area contributed by atoms with Gasteiger partial charge in [-0.15, -0.1) is 0 Å². The fourth-order valence-corrected chi connectivity index (χ4v) is 2.60. The molecule has 100 valence electrons. The molecular weight excluding hydrogens is 216 g/mol. The largest absolute Gasteiger partial charge is 0.396 e. The predicted molar refractivity (Wildman–Crippen MR) is 68.4 cm³/mol. The highest BCUT2D eigenvalue weighted by Gasteiger charge is 2.25. The van der Waals surface area contributed by atoms with E-state index < -0.39 is 0 Å². The van der Waals surface area contributed by atoms with Crippen LogP contribution in [0, 0.1) is 11.8 Å². The maximum Gasteiger partial charge on any atom is 0.236 e. The van der Waals surface area contributed by atoms with Gasteiger partial charge >= 0.3 is 0 Å². The zero-order valence-electron chi connectivity index (χ0n) is 10.8. The summed E-state index contributed by atoms with van der Waals surface area (Å²) in [6.45, 7) is 2.93. The van der Waals surface area contributed by atoms with Crippen molar-refractivity contribution >= 4 is 5.91 Å². The Balaban J connectivity index is 2.30. The first kappa shape index (κ1) is 14.5. The van der Waals surface area contributed by atoms with Crippen molar-refractivity contribution in [3.05, 3.63) is 0 Å². The quantitative estimate of drug-likeness (QED) is 0.651. The van der Waals surface area contributed by atoms with E-state index in [1.165, 1.54) is 12.8 Å². The Bertz CT molecular complexity index is 233. The highest BCUT2D eigenvalue weighted by atomic mass is 16.3. The van der Waals surface area contributed by atoms with Gasteiger partial charge in [-0.1, -0.05) is 26.2 Å². The number of rotatable bonds is 6. The van der Waals surface area contributed by atoms with Crippen LogP contribution < -0.4 is 11.1 Å². The van der Waals surface area contributed by atoms with Gasteiger partial charge in [0.05, 0.1) is 6.04 Å². The first-order chi connectivity index (χ1) is 8.19. The Morgan fingerprint density at radius 3 is 2.65 bits per heavy atom. The lowest BCUT2D eigenvalue weighted by Crippen LogP contribution is -2.44. The molecule has 0 heterocycles. The molecule has 1 aliphatic rings. The van der Waals surface area contributed by atoms with E-state index in [0.29, 0.717) is 18.4 Å². The third-order valence-corrected chi connectivity index (χ3v) is 3.78. The van der Waals surface area contributed by atoms with Crippen molar-refractivity contribution < 1.29 is 9.90 Å². The van der Waals surface area contributed by atoms with E-state index in [4.69, 9.17) is 5.73 Å². The SMILES string of the molecule is CCC[C@H](N)C(=O)NCC1CCCCC1CO. The minimum Gasteiger partial charge on any atom is -0.396 e. The monoisotopic (exact) mass is 242 g/mol. The van der Waals surface area contributed by atoms with Crippen LogP contribution in [-0.4, -0.2) is 30.2 Å². The first-order valence-corrected chi connectivity index (χ1v) is 6.83. The van der Waals surface area contributed by atoms with Crippen molar-refractivity contribution in [2.75, 3.05) is 13.2 Å². The average molecular weight is 242 g/mol. The lowest BCUT2D eigenvalue weighted by Gasteiger charge is -2.30. The molecule has 0 radical (unpaired) electrons. The van der Waals surface area contributed by atoms with Gasteiger partial charge in [-0.2, -0.15) is 0 Å². The summed E-state index contributed by atoms with van der Waals surface area (Å²) in [5.41, 5.74) is 5.75. The molecule has 2 unspecified atom stereocenters. The summed E-state index contributed by atoms with van der Waals surface area (Å²) < 4.78 is 0. The van der Waals surface area contributed by atoms with Crippen LogP contribution in [0.15, 0.2) is 0 Å². The van der Waals surface area contributed by atoms with Gasteiger partial charge in [0.2, 0.25) is 5.91 Å². The van der Waals surface area contributed by atoms with E-state index in [-0.39, 0.29) is 18.6 Å². The predicted octanol–water partition coefficient (Wildman–Crippen LogP) is 1.03. The lowest BCUT2D eigenvalue weighted by atomic mass is 9.79. The van der Waals surface area contributed by atoms with Crippen LogP contribution in [0.1, 0.15) is 45.4 Å². The Labute approximate surface area is 104 Å². The number of aliphatic hydroxyl groups is 1. The van der Waals surface area contributed by atoms with Crippen molar-refractivity contribution in [3.8, 4) is 0 Å². The number of nitrogens with one attached hydrogen (secondary N) is 1. The average Bonchev–Trinajstić information content (AvgIpc) is 2.36. The normalized spacial score (nSPS) is 26.5. The van der Waals surface area contributed by atoms with E-state index in [1.54, 1.807) is 0 Å². The second kappa shape index (κ2) is 7.67. The van der Waals surface area contributed by atoms with Gasteiger partial charge in [0, 0.05) is 13.2 Å². The zero-order chi connectivity index (χ0) is 12.7. The van der Waals surface area contributed by atoms with Crippen molar-refractivity contribution in [1.82, 2.24) is 5.32 Å². The molecule has 1 aliphatic carbocycles. The smallest absolute Gasteiger partial charge is 0.236 e. The van der Waals surface area contributed by atoms with E-state index in [1.807, 2.05) is 6.92 Å². The van der Waals surface area contributed by atoms with Crippen LogP contribution in [-0.2, 0) is 4.79 Å². The minimum atomic E-state index is -0.379. The van der Waals surface area contributed by atoms with Crippen LogP contribution in [0.2, 0.25) is 0 Å². The topological polar surface area (TPSA) is 75.4 Å². The highest BCUT2D eigenvalue weighted by Crippen LogP contribution is 2.29. The van der Waals surface area contributed by atoms with E-state index >= 15 is 0 Å². The maximum absolute atomic E-state index is 11.7. The number of carbonyl (C=O) groups excluding carboxylic acids is 1. The van der Waals surface area contributed by atoms with E-state index in [9.17, 15) is 9.90 Å². The fourth-order valence-electron chi connectivity index (χ4n) is 2.60. The van der Waals surface area contributed by atoms with Gasteiger partial charge < -0.3 is 16.2 Å². The second-order valence-electron chi connectivity index (χ2n) is 5.13. The van der Waals surface area contributed by atoms with Crippen molar-refractivity contribution in [1.29, 1.82) is 0 Å². The Hall–Kier alpha value is -0.610. The Kier molecular flexibility index (Phi) is 6.52. The first-order valence-electron chi connectivity index (χ1n) is 6.83. The summed E-state index contributed by atoms with van der Waals surface area (Å²) in [6, 6.07) is -0.379. The lowest BCUT2D eigenvalue weighted by molar-refractivity contribution is -0.122. The Morgan fingerprint density at radius 2 is 2.06 bits per heavy atom. The summed E-state index contributed by atoms with van der Waals surface area (Å²) in [7, 11) is 0. The van der Waals surface area contributed by atoms with Crippen molar-refractivity contribution in [3.63, 3.8) is 0 Å². The number of nitrogens with two attached hydrogens (primary N) is 1. The molecule has 3 atom stereocenters. The third kappa shape index (κ3) is 4.64. The molecule has 4 heteroatoms. The van der Waals surface area contributed by atoms with Crippen molar-refractivity contribution in [2.24, 2.45) is 17.6 Å². The third-order valence-electron chi connectivity index (χ3n) is 3.78. The minimum absolute atomic E-state index is 0.0471. The van der Waals surface area contributed by atoms with Crippen LogP contribution in [0.4, 0.5) is 0 Å². The van der Waals surface area contributed by atoms with Gasteiger partial charge in [0.1, 0.15) is 0 Å². The zero-order valence-corrected chi connectivity index (χ0v) is 10.8. The molecule has 0 saturated heterocycles. The van der Waals surface area contributed by atoms with Gasteiger partial charge in [-0.3, -0.25) is 4.79 Å². The number of carbonyl (C=O) groups is 1. The molecule has 17 heavy (non-hydrogen) atoms. The molecule has 4 nitrogen and oxygen atoms in total. The highest BCUT2D eigenvalue weighted by molar-refractivity contribution is 5.81. The fraction of sp³-hybridized carbons (Fsp3) is 0.923. The molecule has 0 aliphatic heterocycles. The Morgan fingerprint density at radius 1 is 1.41 bits per heavy atom. The van der Waals surface area contributed by atoms with Crippen LogP contribution >= 0.6 is 0 Å². The van der Waals surface area contributed by atoms with E-state index in [2.05, 4.69) is 5.32 Å². The van der Waals surface area contributed by atoms with E-state index in [0.717, 1.165) is 25.7 Å². The standard InChI is InChI=1S/C13H26N2O2/c1-2-5-12(14)13(17)15-8-10-6-3-4-7-11(10)9-16/h10-12,16H,2-9,14H2,1H3,(H,15,17)/t10?,11?,12-/m0/s1. The number of amides is 1. The molecule has 0 aromatic carbocycles. The molecule has 1 saturated carbocycles. The maximum atomic E-state index is 11.7. The molecule has 0 aromatic heterocycles.